The third-order valence-electron chi connectivity index (χ3n) is 1.28. The number of thioether (sulfide) groups is 1. The van der Waals surface area contributed by atoms with Crippen molar-refractivity contribution >= 4 is 23.6 Å². The number of carboxylic acid groups (broad SMARTS) is 1. The van der Waals surface area contributed by atoms with Gasteiger partial charge in [0.05, 0.1) is 0 Å². The molecule has 0 aromatic carbocycles. The number of hydrogen-bond donors (Lipinski definition) is 2. The number of rotatable bonds is 5. The Kier molecular flexibility index (Phi) is 5.53. The molecule has 0 rings (SSSR count). The molecule has 0 spiro atoms. The number of hydrogen-bond acceptors (Lipinski definition) is 3. The lowest BCUT2D eigenvalue weighted by Crippen LogP contribution is -2.38. The molecular weight excluding hydrogens is 178 g/mol. The number of amides is 1. The molecule has 1 unspecified atom stereocenters. The van der Waals surface area contributed by atoms with Crippen molar-refractivity contribution in [2.24, 2.45) is 0 Å². The fourth-order valence-corrected chi connectivity index (χ4v) is 0.960. The van der Waals surface area contributed by atoms with Gasteiger partial charge in [-0.1, -0.05) is 0 Å². The van der Waals surface area contributed by atoms with Crippen LogP contribution in [0, 0.1) is 0 Å². The monoisotopic (exact) mass is 191 g/mol. The van der Waals surface area contributed by atoms with Crippen LogP contribution in [-0.4, -0.2) is 35.0 Å². The van der Waals surface area contributed by atoms with Crippen LogP contribution in [0.15, 0.2) is 0 Å². The van der Waals surface area contributed by atoms with Crippen molar-refractivity contribution in [2.45, 2.75) is 19.4 Å². The summed E-state index contributed by atoms with van der Waals surface area (Å²) < 4.78 is 0. The highest BCUT2D eigenvalue weighted by Gasteiger charge is 2.12. The van der Waals surface area contributed by atoms with E-state index in [2.05, 4.69) is 5.32 Å². The number of carbonyl (C=O) groups is 2. The molecule has 12 heavy (non-hydrogen) atoms. The van der Waals surface area contributed by atoms with Crippen molar-refractivity contribution in [1.82, 2.24) is 5.32 Å². The molecule has 1 atom stereocenters. The molecular formula is C7H13NO3S. The van der Waals surface area contributed by atoms with Crippen LogP contribution >= 0.6 is 11.8 Å². The summed E-state index contributed by atoms with van der Waals surface area (Å²) >= 11 is 1.56. The molecule has 0 radical (unpaired) electrons. The Balaban J connectivity index is 3.61. The maximum Gasteiger partial charge on any atom is 0.325 e. The first-order valence-corrected chi connectivity index (χ1v) is 4.98. The average Bonchev–Trinajstić information content (AvgIpc) is 2.00. The third kappa shape index (κ3) is 5.01. The first-order chi connectivity index (χ1) is 5.57. The van der Waals surface area contributed by atoms with Crippen LogP contribution < -0.4 is 5.32 Å². The van der Waals surface area contributed by atoms with E-state index in [0.717, 1.165) is 5.75 Å². The molecule has 1 amide bonds. The smallest absolute Gasteiger partial charge is 0.325 e. The van der Waals surface area contributed by atoms with Crippen LogP contribution in [0.25, 0.3) is 0 Å². The third-order valence-corrected chi connectivity index (χ3v) is 1.89. The van der Waals surface area contributed by atoms with Crippen molar-refractivity contribution < 1.29 is 14.7 Å². The van der Waals surface area contributed by atoms with Crippen LogP contribution in [0.2, 0.25) is 0 Å². The van der Waals surface area contributed by atoms with Gasteiger partial charge in [-0.3, -0.25) is 9.59 Å². The summed E-state index contributed by atoms with van der Waals surface area (Å²) in [6.45, 7) is 1.44. The van der Waals surface area contributed by atoms with Gasteiger partial charge in [-0.2, -0.15) is 11.8 Å². The summed E-state index contributed by atoms with van der Waals surface area (Å²) in [6, 6.07) is -0.792. The highest BCUT2D eigenvalue weighted by molar-refractivity contribution is 7.98. The maximum atomic E-state index is 10.9. The van der Waals surface area contributed by atoms with Gasteiger partial charge in [0.2, 0.25) is 5.91 Å². The summed E-state index contributed by atoms with van der Waals surface area (Å²) in [7, 11) is 0. The van der Waals surface area contributed by atoms with E-state index in [9.17, 15) is 9.59 Å². The molecule has 0 bridgehead atoms. The van der Waals surface area contributed by atoms with Gasteiger partial charge in [0, 0.05) is 12.2 Å². The highest BCUT2D eigenvalue weighted by Crippen LogP contribution is 1.95. The number of carbonyl (C=O) groups excluding carboxylic acids is 1. The van der Waals surface area contributed by atoms with E-state index in [1.54, 1.807) is 11.8 Å². The Labute approximate surface area is 75.7 Å². The van der Waals surface area contributed by atoms with E-state index in [0.29, 0.717) is 6.42 Å². The average molecular weight is 191 g/mol. The summed E-state index contributed by atoms with van der Waals surface area (Å²) in [5, 5.41) is 10.8. The predicted molar refractivity (Wildman–Crippen MR) is 48.2 cm³/mol. The zero-order valence-corrected chi connectivity index (χ0v) is 7.98. The fraction of sp³-hybridized carbons (Fsp3) is 0.714. The van der Waals surface area contributed by atoms with E-state index in [4.69, 9.17) is 5.11 Å². The minimum Gasteiger partial charge on any atom is -0.480 e. The molecule has 0 aromatic heterocycles. The molecule has 0 aromatic rings. The lowest BCUT2D eigenvalue weighted by Gasteiger charge is -2.07. The Morgan fingerprint density at radius 3 is 2.58 bits per heavy atom. The molecule has 0 aliphatic rings. The summed E-state index contributed by atoms with van der Waals surface area (Å²) in [5.41, 5.74) is 0. The lowest BCUT2D eigenvalue weighted by atomic mass is 10.3. The number of carboxylic acids is 1. The van der Waals surface area contributed by atoms with Gasteiger partial charge in [-0.05, 0) is 13.2 Å². The van der Waals surface area contributed by atoms with Gasteiger partial charge in [0.25, 0.3) is 0 Å². The molecule has 0 fully saturated rings. The van der Waals surface area contributed by atoms with E-state index < -0.39 is 12.0 Å². The molecule has 4 nitrogen and oxygen atoms in total. The Morgan fingerprint density at radius 2 is 2.17 bits per heavy atom. The van der Waals surface area contributed by atoms with Gasteiger partial charge >= 0.3 is 5.97 Å². The first kappa shape index (κ1) is 11.3. The molecule has 0 aliphatic heterocycles. The van der Waals surface area contributed by atoms with Gasteiger partial charge in [-0.15, -0.1) is 0 Å². The van der Waals surface area contributed by atoms with Crippen molar-refractivity contribution in [3.63, 3.8) is 0 Å². The highest BCUT2D eigenvalue weighted by atomic mass is 32.2. The predicted octanol–water partition coefficient (Wildman–Crippen LogP) is 0.329. The number of aliphatic carboxylic acids is 1. The fourth-order valence-electron chi connectivity index (χ4n) is 0.570. The van der Waals surface area contributed by atoms with Crippen molar-refractivity contribution in [3.05, 3.63) is 0 Å². The van der Waals surface area contributed by atoms with Crippen LogP contribution in [0.4, 0.5) is 0 Å². The Morgan fingerprint density at radius 1 is 1.58 bits per heavy atom. The van der Waals surface area contributed by atoms with E-state index >= 15 is 0 Å². The Hall–Kier alpha value is -0.710. The normalized spacial score (nSPS) is 12.2. The van der Waals surface area contributed by atoms with Crippen LogP contribution in [0.5, 0.6) is 0 Å². The maximum absolute atomic E-state index is 10.9. The van der Waals surface area contributed by atoms with E-state index in [1.165, 1.54) is 6.92 Å². The van der Waals surface area contributed by atoms with E-state index in [1.807, 2.05) is 6.26 Å². The largest absolute Gasteiger partial charge is 0.480 e. The summed E-state index contributed by atoms with van der Waals surface area (Å²) in [5.74, 6) is -0.496. The zero-order chi connectivity index (χ0) is 9.56. The van der Waals surface area contributed by atoms with E-state index in [-0.39, 0.29) is 5.91 Å². The minimum absolute atomic E-state index is 0.209. The van der Waals surface area contributed by atoms with Gasteiger partial charge in [-0.25, -0.2) is 0 Å². The molecule has 0 saturated heterocycles. The standard InChI is InChI=1S/C7H13NO3S/c1-5(7(10)11)8-6(9)3-4-12-2/h5H,3-4H2,1-2H3,(H,8,9)(H,10,11). The van der Waals surface area contributed by atoms with Gasteiger partial charge < -0.3 is 10.4 Å². The summed E-state index contributed by atoms with van der Waals surface area (Å²) in [6.07, 6.45) is 2.27. The van der Waals surface area contributed by atoms with Crippen molar-refractivity contribution in [1.29, 1.82) is 0 Å². The lowest BCUT2D eigenvalue weighted by molar-refractivity contribution is -0.141. The molecule has 0 aliphatic carbocycles. The van der Waals surface area contributed by atoms with Gasteiger partial charge in [0.1, 0.15) is 6.04 Å². The van der Waals surface area contributed by atoms with Crippen LogP contribution in [0.1, 0.15) is 13.3 Å². The quantitative estimate of drug-likeness (QED) is 0.657. The second-order valence-electron chi connectivity index (χ2n) is 2.37. The molecule has 0 heterocycles. The van der Waals surface area contributed by atoms with Crippen LogP contribution in [-0.2, 0) is 9.59 Å². The minimum atomic E-state index is -1.01. The Bertz CT molecular complexity index is 172. The van der Waals surface area contributed by atoms with Crippen molar-refractivity contribution in [3.8, 4) is 0 Å². The van der Waals surface area contributed by atoms with Crippen molar-refractivity contribution in [2.75, 3.05) is 12.0 Å². The number of nitrogens with one attached hydrogen (secondary N) is 1. The zero-order valence-electron chi connectivity index (χ0n) is 7.16. The summed E-state index contributed by atoms with van der Waals surface area (Å²) in [4.78, 5) is 21.2. The first-order valence-electron chi connectivity index (χ1n) is 3.59. The topological polar surface area (TPSA) is 66.4 Å². The molecule has 0 saturated carbocycles. The van der Waals surface area contributed by atoms with Crippen LogP contribution in [0.3, 0.4) is 0 Å². The molecule has 70 valence electrons. The molecule has 2 N–H and O–H groups in total. The SMILES string of the molecule is CSCCC(=O)NC(C)C(=O)O. The second kappa shape index (κ2) is 5.88. The van der Waals surface area contributed by atoms with Gasteiger partial charge in [0.15, 0.2) is 0 Å². The second-order valence-corrected chi connectivity index (χ2v) is 3.36. The molecule has 5 heteroatoms.